The van der Waals surface area contributed by atoms with Crippen molar-refractivity contribution >= 4 is 11.8 Å². The van der Waals surface area contributed by atoms with Gasteiger partial charge in [-0.3, -0.25) is 9.59 Å². The second kappa shape index (κ2) is 8.99. The topological polar surface area (TPSA) is 67.9 Å². The summed E-state index contributed by atoms with van der Waals surface area (Å²) in [5, 5.41) is 3.02. The van der Waals surface area contributed by atoms with Gasteiger partial charge < -0.3 is 19.7 Å². The molecule has 0 bridgehead atoms. The van der Waals surface area contributed by atoms with Crippen LogP contribution in [0, 0.1) is 5.92 Å². The molecule has 0 spiro atoms. The molecule has 4 rings (SSSR count). The first kappa shape index (κ1) is 19.3. The number of ether oxygens (including phenoxy) is 2. The Morgan fingerprint density at radius 1 is 1.03 bits per heavy atom. The number of fused-ring (bicyclic) bond motifs is 1. The zero-order valence-corrected chi connectivity index (χ0v) is 16.4. The number of hydrogen-bond donors (Lipinski definition) is 1. The van der Waals surface area contributed by atoms with Crippen LogP contribution in [0.25, 0.3) is 0 Å². The lowest BCUT2D eigenvalue weighted by atomic mass is 9.96. The van der Waals surface area contributed by atoms with Crippen molar-refractivity contribution in [3.05, 3.63) is 59.7 Å². The van der Waals surface area contributed by atoms with Crippen LogP contribution in [0.2, 0.25) is 0 Å². The number of piperidine rings is 1. The minimum absolute atomic E-state index is 0.0171. The first-order valence-electron chi connectivity index (χ1n) is 10.2. The predicted molar refractivity (Wildman–Crippen MR) is 109 cm³/mol. The Balaban J connectivity index is 1.33. The molecule has 0 aliphatic carbocycles. The van der Waals surface area contributed by atoms with Crippen LogP contribution >= 0.6 is 0 Å². The molecule has 29 heavy (non-hydrogen) atoms. The van der Waals surface area contributed by atoms with Gasteiger partial charge in [0.2, 0.25) is 11.8 Å². The maximum absolute atomic E-state index is 12.7. The van der Waals surface area contributed by atoms with E-state index in [1.807, 2.05) is 53.4 Å². The van der Waals surface area contributed by atoms with Crippen LogP contribution in [-0.4, -0.2) is 43.0 Å². The van der Waals surface area contributed by atoms with Crippen LogP contribution in [0.4, 0.5) is 0 Å². The first-order valence-corrected chi connectivity index (χ1v) is 10.2. The summed E-state index contributed by atoms with van der Waals surface area (Å²) in [5.74, 6) is 1.31. The van der Waals surface area contributed by atoms with Crippen molar-refractivity contribution in [2.75, 3.05) is 26.3 Å². The predicted octanol–water partition coefficient (Wildman–Crippen LogP) is 2.56. The van der Waals surface area contributed by atoms with Gasteiger partial charge in [0, 0.05) is 25.2 Å². The van der Waals surface area contributed by atoms with Gasteiger partial charge in [-0.1, -0.05) is 42.5 Å². The Hall–Kier alpha value is -3.02. The van der Waals surface area contributed by atoms with E-state index in [9.17, 15) is 9.59 Å². The number of rotatable bonds is 5. The minimum Gasteiger partial charge on any atom is -0.486 e. The lowest BCUT2D eigenvalue weighted by Gasteiger charge is -2.32. The Bertz CT molecular complexity index is 868. The van der Waals surface area contributed by atoms with Gasteiger partial charge >= 0.3 is 0 Å². The number of likely N-dealkylation sites (tertiary alicyclic amines) is 1. The molecule has 2 heterocycles. The lowest BCUT2D eigenvalue weighted by molar-refractivity contribution is -0.135. The van der Waals surface area contributed by atoms with E-state index >= 15 is 0 Å². The van der Waals surface area contributed by atoms with Crippen molar-refractivity contribution in [3.8, 4) is 11.5 Å². The molecule has 2 aromatic carbocycles. The molecule has 1 fully saturated rings. The van der Waals surface area contributed by atoms with E-state index in [1.165, 1.54) is 0 Å². The molecule has 2 amide bonds. The van der Waals surface area contributed by atoms with Crippen LogP contribution < -0.4 is 14.8 Å². The molecule has 6 heteroatoms. The summed E-state index contributed by atoms with van der Waals surface area (Å²) in [4.78, 5) is 27.2. The summed E-state index contributed by atoms with van der Waals surface area (Å²) >= 11 is 0. The Kier molecular flexibility index (Phi) is 5.98. The quantitative estimate of drug-likeness (QED) is 0.846. The number of nitrogens with zero attached hydrogens (tertiary/aromatic N) is 1. The molecule has 1 unspecified atom stereocenters. The molecule has 2 aromatic rings. The molecule has 2 aliphatic rings. The molecule has 1 N–H and O–H groups in total. The number of amides is 2. The molecule has 6 nitrogen and oxygen atoms in total. The van der Waals surface area contributed by atoms with Gasteiger partial charge in [-0.2, -0.15) is 0 Å². The Morgan fingerprint density at radius 2 is 1.86 bits per heavy atom. The summed E-state index contributed by atoms with van der Waals surface area (Å²) in [7, 11) is 0. The molecular formula is C23H26N2O4. The second-order valence-corrected chi connectivity index (χ2v) is 7.50. The van der Waals surface area contributed by atoms with Crippen molar-refractivity contribution < 1.29 is 19.1 Å². The summed E-state index contributed by atoms with van der Waals surface area (Å²) in [6, 6.07) is 15.4. The van der Waals surface area contributed by atoms with Gasteiger partial charge in [0.25, 0.3) is 0 Å². The summed E-state index contributed by atoms with van der Waals surface area (Å²) in [5.41, 5.74) is 1.91. The molecular weight excluding hydrogens is 368 g/mol. The summed E-state index contributed by atoms with van der Waals surface area (Å²) in [6.45, 7) is 2.63. The fraction of sp³-hybridized carbons (Fsp3) is 0.391. The molecule has 0 radical (unpaired) electrons. The highest BCUT2D eigenvalue weighted by Crippen LogP contribution is 2.33. The number of hydrogen-bond acceptors (Lipinski definition) is 4. The van der Waals surface area contributed by atoms with Crippen LogP contribution in [0.15, 0.2) is 48.5 Å². The van der Waals surface area contributed by atoms with Gasteiger partial charge in [-0.15, -0.1) is 0 Å². The fourth-order valence-electron chi connectivity index (χ4n) is 3.90. The molecule has 0 aromatic heterocycles. The SMILES string of the molecule is O=C(NCc1cccc2c1OCCO2)C1CCCN(C(=O)Cc2ccccc2)C1. The number of benzene rings is 2. The molecule has 1 atom stereocenters. The number of nitrogens with one attached hydrogen (secondary N) is 1. The maximum atomic E-state index is 12.7. The van der Waals surface area contributed by atoms with Crippen molar-refractivity contribution in [1.29, 1.82) is 0 Å². The van der Waals surface area contributed by atoms with E-state index < -0.39 is 0 Å². The van der Waals surface area contributed by atoms with Crippen LogP contribution in [0.1, 0.15) is 24.0 Å². The number of carbonyl (C=O) groups excluding carboxylic acids is 2. The number of para-hydroxylation sites is 1. The van der Waals surface area contributed by atoms with Gasteiger partial charge in [-0.05, 0) is 24.5 Å². The van der Waals surface area contributed by atoms with E-state index in [4.69, 9.17) is 9.47 Å². The normalized spacial score (nSPS) is 18.2. The van der Waals surface area contributed by atoms with E-state index in [0.29, 0.717) is 45.0 Å². The zero-order chi connectivity index (χ0) is 20.1. The van der Waals surface area contributed by atoms with Crippen molar-refractivity contribution in [2.45, 2.75) is 25.8 Å². The van der Waals surface area contributed by atoms with E-state index in [0.717, 1.165) is 29.7 Å². The summed E-state index contributed by atoms with van der Waals surface area (Å²) < 4.78 is 11.3. The minimum atomic E-state index is -0.180. The molecule has 2 aliphatic heterocycles. The van der Waals surface area contributed by atoms with Crippen LogP contribution in [-0.2, 0) is 22.6 Å². The molecule has 0 saturated carbocycles. The third-order valence-electron chi connectivity index (χ3n) is 5.44. The van der Waals surface area contributed by atoms with Gasteiger partial charge in [0.15, 0.2) is 11.5 Å². The third-order valence-corrected chi connectivity index (χ3v) is 5.44. The van der Waals surface area contributed by atoms with Crippen LogP contribution in [0.3, 0.4) is 0 Å². The average molecular weight is 394 g/mol. The Morgan fingerprint density at radius 3 is 2.72 bits per heavy atom. The second-order valence-electron chi connectivity index (χ2n) is 7.50. The van der Waals surface area contributed by atoms with Crippen molar-refractivity contribution in [2.24, 2.45) is 5.92 Å². The highest BCUT2D eigenvalue weighted by Gasteiger charge is 2.28. The molecule has 1 saturated heterocycles. The Labute approximate surface area is 170 Å². The highest BCUT2D eigenvalue weighted by molar-refractivity contribution is 5.82. The lowest BCUT2D eigenvalue weighted by Crippen LogP contribution is -2.45. The van der Waals surface area contributed by atoms with E-state index in [-0.39, 0.29) is 17.7 Å². The fourth-order valence-corrected chi connectivity index (χ4v) is 3.90. The zero-order valence-electron chi connectivity index (χ0n) is 16.4. The van der Waals surface area contributed by atoms with Crippen molar-refractivity contribution in [3.63, 3.8) is 0 Å². The smallest absolute Gasteiger partial charge is 0.227 e. The van der Waals surface area contributed by atoms with Crippen molar-refractivity contribution in [1.82, 2.24) is 10.2 Å². The number of carbonyl (C=O) groups is 2. The average Bonchev–Trinajstić information content (AvgIpc) is 2.78. The standard InChI is InChI=1S/C23H26N2O4/c26-21(14-17-6-2-1-3-7-17)25-11-5-9-19(16-25)23(27)24-15-18-8-4-10-20-22(18)29-13-12-28-20/h1-4,6-8,10,19H,5,9,11-16H2,(H,24,27). The van der Waals surface area contributed by atoms with E-state index in [1.54, 1.807) is 0 Å². The first-order chi connectivity index (χ1) is 14.2. The van der Waals surface area contributed by atoms with E-state index in [2.05, 4.69) is 5.32 Å². The van der Waals surface area contributed by atoms with Gasteiger partial charge in [0.05, 0.1) is 12.3 Å². The van der Waals surface area contributed by atoms with Crippen LogP contribution in [0.5, 0.6) is 11.5 Å². The third kappa shape index (κ3) is 4.70. The largest absolute Gasteiger partial charge is 0.486 e. The highest BCUT2D eigenvalue weighted by atomic mass is 16.6. The molecule has 152 valence electrons. The maximum Gasteiger partial charge on any atom is 0.227 e. The van der Waals surface area contributed by atoms with Gasteiger partial charge in [0.1, 0.15) is 13.2 Å². The summed E-state index contributed by atoms with van der Waals surface area (Å²) in [6.07, 6.45) is 2.02. The monoisotopic (exact) mass is 394 g/mol. The van der Waals surface area contributed by atoms with Gasteiger partial charge in [-0.25, -0.2) is 0 Å².